The van der Waals surface area contributed by atoms with Gasteiger partial charge in [0.15, 0.2) is 5.65 Å². The van der Waals surface area contributed by atoms with Crippen molar-refractivity contribution in [1.82, 2.24) is 14.3 Å². The number of nitrogens with one attached hydrogen (secondary N) is 1. The largest absolute Gasteiger partial charge is 0.407 e. The smallest absolute Gasteiger partial charge is 0.297 e. The molecular weight excluding hydrogens is 506 g/mol. The first kappa shape index (κ1) is 22.2. The first-order valence-corrected chi connectivity index (χ1v) is 10.3. The minimum atomic E-state index is -0.528. The Balaban J connectivity index is 2.01. The van der Waals surface area contributed by atoms with Gasteiger partial charge < -0.3 is 14.9 Å². The molecule has 2 heterocycles. The van der Waals surface area contributed by atoms with Crippen molar-refractivity contribution < 1.29 is 14.0 Å². The van der Waals surface area contributed by atoms with Crippen molar-refractivity contribution in [3.63, 3.8) is 0 Å². The molecule has 0 aliphatic rings. The van der Waals surface area contributed by atoms with Crippen LogP contribution in [0.15, 0.2) is 40.2 Å². The Morgan fingerprint density at radius 2 is 1.90 bits per heavy atom. The number of halogens is 2. The summed E-state index contributed by atoms with van der Waals surface area (Å²) in [5.74, 6) is -0.504. The molecule has 0 unspecified atom stereocenters. The third-order valence-electron chi connectivity index (χ3n) is 4.16. The van der Waals surface area contributed by atoms with Crippen LogP contribution in [0.3, 0.4) is 0 Å². The Bertz CT molecular complexity index is 1200. The minimum Gasteiger partial charge on any atom is -0.407 e. The maximum atomic E-state index is 14.3. The van der Waals surface area contributed by atoms with Gasteiger partial charge in [-0.2, -0.15) is 0 Å². The number of pyridine rings is 1. The lowest BCUT2D eigenvalue weighted by atomic mass is 10.2. The number of hydrogen-bond acceptors (Lipinski definition) is 6. The van der Waals surface area contributed by atoms with Crippen LogP contribution < -0.4 is 21.3 Å². The minimum absolute atomic E-state index is 0.106. The van der Waals surface area contributed by atoms with E-state index < -0.39 is 11.4 Å². The van der Waals surface area contributed by atoms with E-state index in [9.17, 15) is 14.0 Å². The highest BCUT2D eigenvalue weighted by molar-refractivity contribution is 14.1. The molecule has 0 bridgehead atoms. The van der Waals surface area contributed by atoms with Gasteiger partial charge >= 0.3 is 0 Å². The van der Waals surface area contributed by atoms with Crippen LogP contribution >= 0.6 is 22.6 Å². The lowest BCUT2D eigenvalue weighted by Gasteiger charge is -2.19. The van der Waals surface area contributed by atoms with Crippen molar-refractivity contribution in [2.24, 2.45) is 7.05 Å². The molecule has 30 heavy (non-hydrogen) atoms. The Hall–Kier alpha value is -2.47. The van der Waals surface area contributed by atoms with Crippen LogP contribution in [0.1, 0.15) is 20.8 Å². The van der Waals surface area contributed by atoms with E-state index in [4.69, 9.17) is 9.57 Å². The van der Waals surface area contributed by atoms with E-state index in [2.05, 4.69) is 10.3 Å². The number of fused-ring (bicyclic) bond motifs is 1. The van der Waals surface area contributed by atoms with Crippen LogP contribution in [0.2, 0.25) is 0 Å². The van der Waals surface area contributed by atoms with E-state index >= 15 is 0 Å². The summed E-state index contributed by atoms with van der Waals surface area (Å²) < 4.78 is 22.8. The molecule has 0 saturated carbocycles. The zero-order valence-electron chi connectivity index (χ0n) is 17.0. The van der Waals surface area contributed by atoms with Crippen LogP contribution in [-0.4, -0.2) is 33.1 Å². The zero-order valence-corrected chi connectivity index (χ0v) is 19.2. The quantitative estimate of drug-likeness (QED) is 0.391. The molecule has 0 atom stereocenters. The molecule has 8 nitrogen and oxygen atoms in total. The first-order valence-electron chi connectivity index (χ1n) is 9.17. The fraction of sp³-hybridized carbons (Fsp3) is 0.350. The highest BCUT2D eigenvalue weighted by atomic mass is 127. The molecule has 0 radical (unpaired) electrons. The molecule has 10 heteroatoms. The summed E-state index contributed by atoms with van der Waals surface area (Å²) in [6.07, 6.45) is 1.20. The topological polar surface area (TPSA) is 87.4 Å². The normalized spacial score (nSPS) is 11.7. The van der Waals surface area contributed by atoms with Gasteiger partial charge in [0.25, 0.3) is 11.1 Å². The van der Waals surface area contributed by atoms with Gasteiger partial charge in [-0.1, -0.05) is 0 Å². The van der Waals surface area contributed by atoms with Gasteiger partial charge in [-0.25, -0.2) is 9.37 Å². The highest BCUT2D eigenvalue weighted by Crippen LogP contribution is 2.24. The number of aromatic nitrogens is 3. The zero-order chi connectivity index (χ0) is 22.1. The van der Waals surface area contributed by atoms with E-state index in [0.717, 1.165) is 8.30 Å². The van der Waals surface area contributed by atoms with Crippen molar-refractivity contribution in [1.29, 1.82) is 0 Å². The van der Waals surface area contributed by atoms with E-state index in [-0.39, 0.29) is 46.8 Å². The summed E-state index contributed by atoms with van der Waals surface area (Å²) in [5, 5.41) is 2.95. The molecule has 3 aromatic rings. The number of nitrogens with zero attached hydrogens (tertiary/aromatic N) is 3. The monoisotopic (exact) mass is 528 g/mol. The van der Waals surface area contributed by atoms with Gasteiger partial charge in [-0.15, -0.1) is 4.73 Å². The number of ether oxygens (including phenoxy) is 1. The van der Waals surface area contributed by atoms with Crippen molar-refractivity contribution in [2.75, 3.05) is 18.5 Å². The number of hydrogen-bond donors (Lipinski definition) is 1. The fourth-order valence-electron chi connectivity index (χ4n) is 2.73. The average molecular weight is 528 g/mol. The van der Waals surface area contributed by atoms with Crippen LogP contribution in [0.4, 0.5) is 15.8 Å². The number of benzene rings is 1. The Morgan fingerprint density at radius 3 is 2.57 bits per heavy atom. The summed E-state index contributed by atoms with van der Waals surface area (Å²) in [4.78, 5) is 35.0. The summed E-state index contributed by atoms with van der Waals surface area (Å²) >= 11 is 2.00. The maximum absolute atomic E-state index is 14.3. The Morgan fingerprint density at radius 1 is 1.17 bits per heavy atom. The molecule has 1 aromatic carbocycles. The van der Waals surface area contributed by atoms with Gasteiger partial charge in [0.1, 0.15) is 24.1 Å². The number of aryl methyl sites for hydroxylation is 1. The summed E-state index contributed by atoms with van der Waals surface area (Å²) in [6.45, 7) is 6.15. The van der Waals surface area contributed by atoms with Crippen LogP contribution in [0, 0.1) is 9.39 Å². The number of anilines is 2. The van der Waals surface area contributed by atoms with Crippen LogP contribution in [0.5, 0.6) is 0 Å². The predicted molar refractivity (Wildman–Crippen MR) is 121 cm³/mol. The molecule has 0 aliphatic carbocycles. The standard InChI is InChI=1S/C20H22FIN4O4/c1-20(2,3)29-7-8-30-26-11-23-18-17(19(26)28)15(10-16(27)25(18)4)24-14-6-5-12(22)9-13(14)21/h5-6,9-11,24H,7-8H2,1-4H3. The third-order valence-corrected chi connectivity index (χ3v) is 4.83. The maximum Gasteiger partial charge on any atom is 0.297 e. The second-order valence-electron chi connectivity index (χ2n) is 7.57. The van der Waals surface area contributed by atoms with Gasteiger partial charge in [-0.05, 0) is 61.6 Å². The van der Waals surface area contributed by atoms with E-state index in [0.29, 0.717) is 0 Å². The molecule has 0 fully saturated rings. The summed E-state index contributed by atoms with van der Waals surface area (Å²) in [6, 6.07) is 5.83. The van der Waals surface area contributed by atoms with E-state index in [1.165, 1.54) is 36.1 Å². The molecule has 0 spiro atoms. The predicted octanol–water partition coefficient (Wildman–Crippen LogP) is 2.83. The molecule has 2 aromatic heterocycles. The lowest BCUT2D eigenvalue weighted by Crippen LogP contribution is -2.32. The SMILES string of the molecule is Cn1c(=O)cc(Nc2ccc(I)cc2F)c2c(=O)n(OCCOC(C)(C)C)cnc21. The molecule has 0 aliphatic heterocycles. The summed E-state index contributed by atoms with van der Waals surface area (Å²) in [5.41, 5.74) is -0.802. The molecule has 160 valence electrons. The van der Waals surface area contributed by atoms with E-state index in [1.807, 2.05) is 43.4 Å². The molecular formula is C20H22FIN4O4. The van der Waals surface area contributed by atoms with E-state index in [1.54, 1.807) is 6.07 Å². The fourth-order valence-corrected chi connectivity index (χ4v) is 3.18. The van der Waals surface area contributed by atoms with Gasteiger partial charge in [0.2, 0.25) is 0 Å². The average Bonchev–Trinajstić information content (AvgIpc) is 2.65. The van der Waals surface area contributed by atoms with Crippen LogP contribution in [-0.2, 0) is 11.8 Å². The molecule has 1 N–H and O–H groups in total. The number of rotatable bonds is 6. The molecule has 3 rings (SSSR count). The van der Waals surface area contributed by atoms with Crippen molar-refractivity contribution in [2.45, 2.75) is 26.4 Å². The van der Waals surface area contributed by atoms with Gasteiger partial charge in [-0.3, -0.25) is 14.2 Å². The Labute approximate surface area is 185 Å². The second-order valence-corrected chi connectivity index (χ2v) is 8.82. The van der Waals surface area contributed by atoms with Gasteiger partial charge in [0, 0.05) is 16.7 Å². The third kappa shape index (κ3) is 4.98. The lowest BCUT2D eigenvalue weighted by molar-refractivity contribution is -0.0389. The molecule has 0 amide bonds. The van der Waals surface area contributed by atoms with Crippen LogP contribution in [0.25, 0.3) is 11.0 Å². The summed E-state index contributed by atoms with van der Waals surface area (Å²) in [7, 11) is 1.51. The van der Waals surface area contributed by atoms with Crippen molar-refractivity contribution >= 4 is 45.0 Å². The molecule has 0 saturated heterocycles. The van der Waals surface area contributed by atoms with Gasteiger partial charge in [0.05, 0.1) is 23.6 Å². The van der Waals surface area contributed by atoms with Crippen molar-refractivity contribution in [3.05, 3.63) is 60.7 Å². The first-order chi connectivity index (χ1) is 14.1. The second kappa shape index (κ2) is 8.72. The Kier molecular flexibility index (Phi) is 6.46. The van der Waals surface area contributed by atoms with Crippen molar-refractivity contribution in [3.8, 4) is 0 Å². The highest BCUT2D eigenvalue weighted by Gasteiger charge is 2.16.